The molecule has 0 N–H and O–H groups in total. The van der Waals surface area contributed by atoms with Crippen LogP contribution >= 0.6 is 11.6 Å². The van der Waals surface area contributed by atoms with Gasteiger partial charge in [0.1, 0.15) is 0 Å². The first-order valence-corrected chi connectivity index (χ1v) is 8.31. The summed E-state index contributed by atoms with van der Waals surface area (Å²) in [6, 6.07) is 12.2. The van der Waals surface area contributed by atoms with E-state index < -0.39 is 16.6 Å². The summed E-state index contributed by atoms with van der Waals surface area (Å²) in [6.45, 7) is 0.223. The number of nitro benzene ring substituents is 1. The quantitative estimate of drug-likeness (QED) is 0.507. The highest BCUT2D eigenvalue weighted by molar-refractivity contribution is 6.30. The summed E-state index contributed by atoms with van der Waals surface area (Å²) in [6.07, 6.45) is 0. The van der Waals surface area contributed by atoms with Crippen molar-refractivity contribution in [1.29, 1.82) is 0 Å². The number of fused-ring (bicyclic) bond motifs is 1. The Bertz CT molecular complexity index is 1120. The van der Waals surface area contributed by atoms with Crippen LogP contribution in [-0.2, 0) is 13.1 Å². The van der Waals surface area contributed by atoms with E-state index in [2.05, 4.69) is 4.98 Å². The first kappa shape index (κ1) is 17.0. The molecule has 0 radical (unpaired) electrons. The fourth-order valence-corrected chi connectivity index (χ4v) is 3.14. The van der Waals surface area contributed by atoms with Crippen molar-refractivity contribution in [3.05, 3.63) is 85.5 Å². The number of carbonyl (C=O) groups excluding carboxylic acids is 1. The maximum absolute atomic E-state index is 12.8. The number of hydrogen-bond donors (Lipinski definition) is 0. The predicted molar refractivity (Wildman–Crippen MR) is 97.1 cm³/mol. The minimum Gasteiger partial charge on any atom is -0.285 e. The topological polar surface area (TPSA) is 103 Å². The number of nitro groups is 1. The molecule has 1 aromatic heterocycles. The maximum Gasteiger partial charge on any atom is 0.364 e. The minimum absolute atomic E-state index is 0.0483. The Balaban J connectivity index is 1.66. The Morgan fingerprint density at radius 2 is 1.89 bits per heavy atom. The Morgan fingerprint density at radius 1 is 1.15 bits per heavy atom. The maximum atomic E-state index is 12.8. The molecule has 0 atom stereocenters. The molecule has 0 bridgehead atoms. The average molecular weight is 386 g/mol. The lowest BCUT2D eigenvalue weighted by Crippen LogP contribution is -2.34. The average Bonchev–Trinajstić information content (AvgIpc) is 3.12. The SMILES string of the molecule is O=C1N(c2cccc(Cl)c2)Cc2nc(=O)n(Cc3ccc([N+](=O)[O-])cc3)n21. The zero-order valence-electron chi connectivity index (χ0n) is 13.8. The van der Waals surface area contributed by atoms with E-state index in [1.807, 2.05) is 0 Å². The number of carbonyl (C=O) groups is 1. The van der Waals surface area contributed by atoms with Gasteiger partial charge in [-0.15, -0.1) is 0 Å². The van der Waals surface area contributed by atoms with Gasteiger partial charge < -0.3 is 0 Å². The van der Waals surface area contributed by atoms with Gasteiger partial charge in [0, 0.05) is 22.8 Å². The second-order valence-electron chi connectivity index (χ2n) is 5.95. The number of amides is 1. The molecule has 0 saturated carbocycles. The van der Waals surface area contributed by atoms with E-state index in [1.165, 1.54) is 26.4 Å². The van der Waals surface area contributed by atoms with Crippen molar-refractivity contribution in [2.45, 2.75) is 13.1 Å². The number of hydrogen-bond acceptors (Lipinski definition) is 5. The van der Waals surface area contributed by atoms with Crippen molar-refractivity contribution < 1.29 is 9.72 Å². The number of nitrogens with zero attached hydrogens (tertiary/aromatic N) is 5. The lowest BCUT2D eigenvalue weighted by molar-refractivity contribution is -0.384. The molecule has 136 valence electrons. The first-order chi connectivity index (χ1) is 12.9. The molecule has 0 spiro atoms. The smallest absolute Gasteiger partial charge is 0.285 e. The molecule has 4 rings (SSSR count). The molecule has 0 aliphatic carbocycles. The van der Waals surface area contributed by atoms with Crippen LogP contribution in [0.4, 0.5) is 16.2 Å². The van der Waals surface area contributed by atoms with E-state index in [-0.39, 0.29) is 18.8 Å². The summed E-state index contributed by atoms with van der Waals surface area (Å²) < 4.78 is 2.44. The lowest BCUT2D eigenvalue weighted by Gasteiger charge is -2.16. The zero-order chi connectivity index (χ0) is 19.1. The number of rotatable bonds is 4. The van der Waals surface area contributed by atoms with Crippen LogP contribution in [0.1, 0.15) is 11.4 Å². The summed E-state index contributed by atoms with van der Waals surface area (Å²) in [5.74, 6) is 0.326. The van der Waals surface area contributed by atoms with Crippen molar-refractivity contribution in [3.8, 4) is 0 Å². The molecule has 9 nitrogen and oxygen atoms in total. The Morgan fingerprint density at radius 3 is 2.56 bits per heavy atom. The fraction of sp³-hybridized carbons (Fsp3) is 0.118. The highest BCUT2D eigenvalue weighted by Crippen LogP contribution is 2.25. The first-order valence-electron chi connectivity index (χ1n) is 7.93. The fourth-order valence-electron chi connectivity index (χ4n) is 2.96. The highest BCUT2D eigenvalue weighted by Gasteiger charge is 2.33. The number of aromatic nitrogens is 3. The molecule has 1 amide bonds. The molecule has 0 saturated heterocycles. The van der Waals surface area contributed by atoms with E-state index >= 15 is 0 Å². The minimum atomic E-state index is -0.553. The van der Waals surface area contributed by atoms with Gasteiger partial charge in [-0.05, 0) is 23.8 Å². The van der Waals surface area contributed by atoms with Crippen molar-refractivity contribution in [2.75, 3.05) is 4.90 Å². The third-order valence-electron chi connectivity index (χ3n) is 4.24. The van der Waals surface area contributed by atoms with Gasteiger partial charge in [-0.3, -0.25) is 15.0 Å². The molecular formula is C17H12ClN5O4. The molecular weight excluding hydrogens is 374 g/mol. The van der Waals surface area contributed by atoms with Gasteiger partial charge >= 0.3 is 11.7 Å². The number of benzene rings is 2. The van der Waals surface area contributed by atoms with Crippen LogP contribution in [0.15, 0.2) is 53.3 Å². The molecule has 3 aromatic rings. The van der Waals surface area contributed by atoms with Crippen LogP contribution in [0.3, 0.4) is 0 Å². The Hall–Kier alpha value is -3.46. The van der Waals surface area contributed by atoms with E-state index in [0.717, 1.165) is 0 Å². The standard InChI is InChI=1S/C17H12ClN5O4/c18-12-2-1-3-14(8-12)20-10-15-19-16(24)21(22(15)17(20)25)9-11-4-6-13(7-5-11)23(26)27/h1-8H,9-10H2. The summed E-state index contributed by atoms with van der Waals surface area (Å²) in [7, 11) is 0. The van der Waals surface area contributed by atoms with E-state index in [9.17, 15) is 19.7 Å². The number of non-ortho nitro benzene ring substituents is 1. The second kappa shape index (κ2) is 6.36. The van der Waals surface area contributed by atoms with Gasteiger partial charge in [0.15, 0.2) is 5.82 Å². The second-order valence-corrected chi connectivity index (χ2v) is 6.39. The molecule has 2 heterocycles. The third-order valence-corrected chi connectivity index (χ3v) is 4.48. The van der Waals surface area contributed by atoms with Crippen molar-refractivity contribution in [1.82, 2.24) is 14.3 Å². The summed E-state index contributed by atoms with van der Waals surface area (Å²) >= 11 is 5.99. The molecule has 1 aliphatic heterocycles. The molecule has 0 unspecified atom stereocenters. The van der Waals surface area contributed by atoms with Crippen LogP contribution in [0.25, 0.3) is 0 Å². The molecule has 10 heteroatoms. The van der Waals surface area contributed by atoms with Crippen LogP contribution < -0.4 is 10.6 Å². The molecule has 0 fully saturated rings. The largest absolute Gasteiger partial charge is 0.364 e. The van der Waals surface area contributed by atoms with Gasteiger partial charge in [-0.2, -0.15) is 9.67 Å². The van der Waals surface area contributed by atoms with Crippen molar-refractivity contribution in [2.24, 2.45) is 0 Å². The van der Waals surface area contributed by atoms with Crippen molar-refractivity contribution in [3.63, 3.8) is 0 Å². The van der Waals surface area contributed by atoms with E-state index in [0.29, 0.717) is 22.1 Å². The highest BCUT2D eigenvalue weighted by atomic mass is 35.5. The van der Waals surface area contributed by atoms with Crippen LogP contribution in [0, 0.1) is 10.1 Å². The van der Waals surface area contributed by atoms with E-state index in [4.69, 9.17) is 11.6 Å². The Labute approximate surface area is 157 Å². The molecule has 2 aromatic carbocycles. The van der Waals surface area contributed by atoms with Gasteiger partial charge in [0.05, 0.1) is 18.0 Å². The molecule has 1 aliphatic rings. The van der Waals surface area contributed by atoms with Gasteiger partial charge in [-0.1, -0.05) is 29.8 Å². The Kier molecular flexibility index (Phi) is 4.00. The number of anilines is 1. The van der Waals surface area contributed by atoms with Gasteiger partial charge in [0.2, 0.25) is 0 Å². The van der Waals surface area contributed by atoms with Gasteiger partial charge in [-0.25, -0.2) is 14.3 Å². The monoisotopic (exact) mass is 385 g/mol. The number of halogens is 1. The van der Waals surface area contributed by atoms with Crippen LogP contribution in [0.2, 0.25) is 5.02 Å². The molecule has 27 heavy (non-hydrogen) atoms. The summed E-state index contributed by atoms with van der Waals surface area (Å²) in [5.41, 5.74) is 0.641. The third kappa shape index (κ3) is 2.97. The summed E-state index contributed by atoms with van der Waals surface area (Å²) in [4.78, 5) is 40.7. The van der Waals surface area contributed by atoms with Gasteiger partial charge in [0.25, 0.3) is 5.69 Å². The lowest BCUT2D eigenvalue weighted by atomic mass is 10.2. The zero-order valence-corrected chi connectivity index (χ0v) is 14.5. The van der Waals surface area contributed by atoms with E-state index in [1.54, 1.807) is 36.4 Å². The van der Waals surface area contributed by atoms with Crippen LogP contribution in [0.5, 0.6) is 0 Å². The predicted octanol–water partition coefficient (Wildman–Crippen LogP) is 2.64. The van der Waals surface area contributed by atoms with Crippen molar-refractivity contribution >= 4 is 29.0 Å². The van der Waals surface area contributed by atoms with Crippen LogP contribution in [-0.4, -0.2) is 25.3 Å². The summed E-state index contributed by atoms with van der Waals surface area (Å²) in [5, 5.41) is 11.2. The normalized spacial score (nSPS) is 13.1.